The predicted molar refractivity (Wildman–Crippen MR) is 89.0 cm³/mol. The van der Waals surface area contributed by atoms with E-state index >= 15 is 0 Å². The monoisotopic (exact) mass is 331 g/mol. The molecule has 1 unspecified atom stereocenters. The topological polar surface area (TPSA) is 61.6 Å². The van der Waals surface area contributed by atoms with Crippen molar-refractivity contribution >= 4 is 22.3 Å². The van der Waals surface area contributed by atoms with Crippen molar-refractivity contribution in [1.29, 1.82) is 0 Å². The normalized spacial score (nSPS) is 12.4. The zero-order chi connectivity index (χ0) is 16.2. The Morgan fingerprint density at radius 3 is 2.96 bits per heavy atom. The minimum atomic E-state index is -0.372. The first kappa shape index (κ1) is 15.7. The molecule has 0 aliphatic carbocycles. The van der Waals surface area contributed by atoms with E-state index in [0.717, 1.165) is 16.1 Å². The molecule has 0 spiro atoms. The molecule has 1 atom stereocenters. The molecule has 0 saturated heterocycles. The molecule has 120 valence electrons. The van der Waals surface area contributed by atoms with Crippen LogP contribution in [0.1, 0.15) is 30.7 Å². The SMILES string of the molecule is CCOC(C)c1nc(COc2ccc3ccc(=O)oc3c2)cs1. The summed E-state index contributed by atoms with van der Waals surface area (Å²) >= 11 is 1.56. The summed E-state index contributed by atoms with van der Waals surface area (Å²) in [6.07, 6.45) is -0.00584. The van der Waals surface area contributed by atoms with Gasteiger partial charge in [-0.25, -0.2) is 9.78 Å². The molecular formula is C17H17NO4S. The summed E-state index contributed by atoms with van der Waals surface area (Å²) in [6.45, 7) is 4.97. The lowest BCUT2D eigenvalue weighted by molar-refractivity contribution is 0.0760. The third-order valence-corrected chi connectivity index (χ3v) is 4.37. The van der Waals surface area contributed by atoms with Gasteiger partial charge >= 0.3 is 5.63 Å². The van der Waals surface area contributed by atoms with Gasteiger partial charge in [0, 0.05) is 29.5 Å². The molecule has 3 rings (SSSR count). The first-order valence-corrected chi connectivity index (χ1v) is 8.26. The van der Waals surface area contributed by atoms with Crippen molar-refractivity contribution in [2.75, 3.05) is 6.61 Å². The van der Waals surface area contributed by atoms with Crippen LogP contribution in [-0.2, 0) is 11.3 Å². The lowest BCUT2D eigenvalue weighted by atomic mass is 10.2. The quantitative estimate of drug-likeness (QED) is 0.641. The minimum Gasteiger partial charge on any atom is -0.487 e. The highest BCUT2D eigenvalue weighted by Crippen LogP contribution is 2.23. The summed E-state index contributed by atoms with van der Waals surface area (Å²) in [5, 5.41) is 3.76. The van der Waals surface area contributed by atoms with Gasteiger partial charge in [-0.15, -0.1) is 11.3 Å². The Labute approximate surface area is 137 Å². The number of rotatable bonds is 6. The van der Waals surface area contributed by atoms with Crippen LogP contribution in [-0.4, -0.2) is 11.6 Å². The molecule has 0 N–H and O–H groups in total. The molecule has 1 aromatic carbocycles. The molecule has 2 heterocycles. The van der Waals surface area contributed by atoms with Gasteiger partial charge in [-0.1, -0.05) is 0 Å². The molecule has 0 aliphatic rings. The second-order valence-corrected chi connectivity index (χ2v) is 5.91. The van der Waals surface area contributed by atoms with Gasteiger partial charge in [0.1, 0.15) is 29.1 Å². The number of thiazole rings is 1. The number of nitrogens with zero attached hydrogens (tertiary/aromatic N) is 1. The molecule has 0 radical (unpaired) electrons. The Morgan fingerprint density at radius 1 is 1.30 bits per heavy atom. The van der Waals surface area contributed by atoms with E-state index in [-0.39, 0.29) is 11.7 Å². The molecule has 0 bridgehead atoms. The summed E-state index contributed by atoms with van der Waals surface area (Å²) in [5.41, 5.74) is 0.994. The maximum atomic E-state index is 11.3. The highest BCUT2D eigenvalue weighted by atomic mass is 32.1. The maximum absolute atomic E-state index is 11.3. The van der Waals surface area contributed by atoms with Crippen LogP contribution in [0.15, 0.2) is 44.9 Å². The zero-order valence-corrected chi connectivity index (χ0v) is 13.8. The third-order valence-electron chi connectivity index (χ3n) is 3.32. The van der Waals surface area contributed by atoms with Gasteiger partial charge in [0.05, 0.1) is 5.69 Å². The summed E-state index contributed by atoms with van der Waals surface area (Å²) < 4.78 is 16.4. The Balaban J connectivity index is 1.69. The molecule has 23 heavy (non-hydrogen) atoms. The van der Waals surface area contributed by atoms with Gasteiger partial charge in [0.2, 0.25) is 0 Å². The van der Waals surface area contributed by atoms with Crippen LogP contribution in [0.3, 0.4) is 0 Å². The maximum Gasteiger partial charge on any atom is 0.336 e. The minimum absolute atomic E-state index is 0.00584. The first-order chi connectivity index (χ1) is 11.2. The molecule has 0 aliphatic heterocycles. The number of aromatic nitrogens is 1. The van der Waals surface area contributed by atoms with Crippen molar-refractivity contribution < 1.29 is 13.9 Å². The average molecular weight is 331 g/mol. The fourth-order valence-corrected chi connectivity index (χ4v) is 2.99. The molecule has 6 heteroatoms. The second-order valence-electron chi connectivity index (χ2n) is 5.02. The summed E-state index contributed by atoms with van der Waals surface area (Å²) in [6, 6.07) is 8.55. The highest BCUT2D eigenvalue weighted by Gasteiger charge is 2.10. The van der Waals surface area contributed by atoms with Crippen molar-refractivity contribution in [1.82, 2.24) is 4.98 Å². The molecule has 0 saturated carbocycles. The Kier molecular flexibility index (Phi) is 4.73. The fourth-order valence-electron chi connectivity index (χ4n) is 2.18. The van der Waals surface area contributed by atoms with E-state index in [1.165, 1.54) is 6.07 Å². The zero-order valence-electron chi connectivity index (χ0n) is 12.9. The van der Waals surface area contributed by atoms with Crippen LogP contribution < -0.4 is 10.4 Å². The van der Waals surface area contributed by atoms with E-state index in [0.29, 0.717) is 24.5 Å². The molecule has 2 aromatic heterocycles. The number of hydrogen-bond acceptors (Lipinski definition) is 6. The van der Waals surface area contributed by atoms with Crippen molar-refractivity contribution in [3.05, 3.63) is 56.8 Å². The Hall–Kier alpha value is -2.18. The smallest absolute Gasteiger partial charge is 0.336 e. The molecular weight excluding hydrogens is 314 g/mol. The van der Waals surface area contributed by atoms with Crippen LogP contribution in [0.4, 0.5) is 0 Å². The van der Waals surface area contributed by atoms with Crippen molar-refractivity contribution in [2.45, 2.75) is 26.6 Å². The van der Waals surface area contributed by atoms with Crippen LogP contribution in [0.25, 0.3) is 11.0 Å². The molecule has 3 aromatic rings. The third kappa shape index (κ3) is 3.78. The van der Waals surface area contributed by atoms with Crippen LogP contribution in [0, 0.1) is 0 Å². The largest absolute Gasteiger partial charge is 0.487 e. The van der Waals surface area contributed by atoms with Gasteiger partial charge in [0.25, 0.3) is 0 Å². The molecule has 0 amide bonds. The van der Waals surface area contributed by atoms with E-state index in [1.807, 2.05) is 31.4 Å². The van der Waals surface area contributed by atoms with E-state index in [4.69, 9.17) is 13.9 Å². The van der Waals surface area contributed by atoms with Gasteiger partial charge in [0.15, 0.2) is 0 Å². The average Bonchev–Trinajstić information content (AvgIpc) is 3.02. The van der Waals surface area contributed by atoms with Crippen LogP contribution >= 0.6 is 11.3 Å². The van der Waals surface area contributed by atoms with Crippen molar-refractivity contribution in [3.63, 3.8) is 0 Å². The Bertz CT molecular complexity index is 855. The first-order valence-electron chi connectivity index (χ1n) is 7.38. The lowest BCUT2D eigenvalue weighted by Crippen LogP contribution is -2.01. The van der Waals surface area contributed by atoms with E-state index < -0.39 is 0 Å². The van der Waals surface area contributed by atoms with Gasteiger partial charge < -0.3 is 13.9 Å². The number of hydrogen-bond donors (Lipinski definition) is 0. The number of benzene rings is 1. The summed E-state index contributed by atoms with van der Waals surface area (Å²) in [4.78, 5) is 15.8. The standard InChI is InChI=1S/C17H17NO4S/c1-3-20-11(2)17-18-13(10-23-17)9-21-14-6-4-12-5-7-16(19)22-15(12)8-14/h4-8,10-11H,3,9H2,1-2H3. The van der Waals surface area contributed by atoms with E-state index in [1.54, 1.807) is 23.5 Å². The number of fused-ring (bicyclic) bond motifs is 1. The summed E-state index contributed by atoms with van der Waals surface area (Å²) in [7, 11) is 0. The van der Waals surface area contributed by atoms with Crippen LogP contribution in [0.5, 0.6) is 5.75 Å². The highest BCUT2D eigenvalue weighted by molar-refractivity contribution is 7.09. The van der Waals surface area contributed by atoms with Gasteiger partial charge in [-0.05, 0) is 32.0 Å². The fraction of sp³-hybridized carbons (Fsp3) is 0.294. The van der Waals surface area contributed by atoms with Crippen LogP contribution in [0.2, 0.25) is 0 Å². The van der Waals surface area contributed by atoms with E-state index in [9.17, 15) is 4.79 Å². The van der Waals surface area contributed by atoms with Gasteiger partial charge in [-0.2, -0.15) is 0 Å². The molecule has 0 fully saturated rings. The van der Waals surface area contributed by atoms with Gasteiger partial charge in [-0.3, -0.25) is 0 Å². The molecule has 5 nitrogen and oxygen atoms in total. The van der Waals surface area contributed by atoms with E-state index in [2.05, 4.69) is 4.98 Å². The lowest BCUT2D eigenvalue weighted by Gasteiger charge is -2.07. The number of ether oxygens (including phenoxy) is 2. The second kappa shape index (κ2) is 6.93. The Morgan fingerprint density at radius 2 is 2.13 bits per heavy atom. The summed E-state index contributed by atoms with van der Waals surface area (Å²) in [5.74, 6) is 0.638. The predicted octanol–water partition coefficient (Wildman–Crippen LogP) is 3.93. The van der Waals surface area contributed by atoms with Crippen molar-refractivity contribution in [3.8, 4) is 5.75 Å². The van der Waals surface area contributed by atoms with Crippen molar-refractivity contribution in [2.24, 2.45) is 0 Å².